The van der Waals surface area contributed by atoms with Crippen molar-refractivity contribution in [3.8, 4) is 5.75 Å². The minimum Gasteiger partial charge on any atom is -0.481 e. The second-order valence-corrected chi connectivity index (χ2v) is 6.72. The summed E-state index contributed by atoms with van der Waals surface area (Å²) in [5.74, 6) is -1.38. The van der Waals surface area contributed by atoms with E-state index in [-0.39, 0.29) is 18.0 Å². The van der Waals surface area contributed by atoms with Crippen LogP contribution in [0.1, 0.15) is 40.7 Å². The highest BCUT2D eigenvalue weighted by Crippen LogP contribution is 2.30. The number of halogens is 3. The molecule has 1 aliphatic carbocycles. The smallest absolute Gasteiger partial charge is 0.406 e. The molecular weight excluding hydrogens is 351 g/mol. The summed E-state index contributed by atoms with van der Waals surface area (Å²) < 4.78 is 43.8. The maximum Gasteiger partial charge on any atom is 0.406 e. The van der Waals surface area contributed by atoms with E-state index in [1.165, 1.54) is 12.1 Å². The molecule has 1 fully saturated rings. The first-order valence-electron chi connectivity index (χ1n) is 8.38. The molecule has 1 N–H and O–H groups in total. The average molecular weight is 373 g/mol. The normalized spacial score (nSPS) is 14.7. The second-order valence-electron chi connectivity index (χ2n) is 6.72. The van der Waals surface area contributed by atoms with Crippen LogP contribution >= 0.6 is 0 Å². The Kier molecular flexibility index (Phi) is 6.15. The molecular formula is C18H22F3NO4. The Morgan fingerprint density at radius 3 is 2.23 bits per heavy atom. The van der Waals surface area contributed by atoms with E-state index in [4.69, 9.17) is 9.84 Å². The molecule has 26 heavy (non-hydrogen) atoms. The number of carboxylic acid groups (broad SMARTS) is 1. The topological polar surface area (TPSA) is 66.8 Å². The molecule has 1 aromatic carbocycles. The zero-order chi connectivity index (χ0) is 19.5. The van der Waals surface area contributed by atoms with Gasteiger partial charge in [-0.2, -0.15) is 13.2 Å². The highest BCUT2D eigenvalue weighted by Gasteiger charge is 2.35. The van der Waals surface area contributed by atoms with Crippen molar-refractivity contribution in [2.24, 2.45) is 5.92 Å². The number of carbonyl (C=O) groups excluding carboxylic acids is 1. The molecule has 8 heteroatoms. The first kappa shape index (κ1) is 20.1. The van der Waals surface area contributed by atoms with Gasteiger partial charge in [0.05, 0.1) is 0 Å². The number of hydrogen-bond donors (Lipinski definition) is 1. The predicted molar refractivity (Wildman–Crippen MR) is 88.3 cm³/mol. The molecule has 0 bridgehead atoms. The number of rotatable bonds is 7. The van der Waals surface area contributed by atoms with Crippen molar-refractivity contribution in [3.63, 3.8) is 0 Å². The van der Waals surface area contributed by atoms with Crippen LogP contribution in [0.3, 0.4) is 0 Å². The number of alkyl halides is 3. The van der Waals surface area contributed by atoms with E-state index in [9.17, 15) is 22.8 Å². The van der Waals surface area contributed by atoms with E-state index in [2.05, 4.69) is 0 Å². The lowest BCUT2D eigenvalue weighted by Gasteiger charge is -2.33. The molecule has 0 aliphatic heterocycles. The van der Waals surface area contributed by atoms with Crippen LogP contribution in [-0.2, 0) is 4.79 Å². The van der Waals surface area contributed by atoms with Crippen molar-refractivity contribution in [2.45, 2.75) is 39.3 Å². The Morgan fingerprint density at radius 2 is 1.81 bits per heavy atom. The van der Waals surface area contributed by atoms with Gasteiger partial charge in [-0.3, -0.25) is 4.79 Å². The standard InChI is InChI=1S/C18H22F3NO4/c1-11-6-14(7-12(2)16(11)26-9-15(23)24)17(25)22(10-18(19,20)21)8-13-4-3-5-13/h6-7,13H,3-5,8-10H2,1-2H3,(H,23,24). The van der Waals surface area contributed by atoms with Crippen LogP contribution in [0.2, 0.25) is 0 Å². The van der Waals surface area contributed by atoms with Gasteiger partial charge in [0, 0.05) is 12.1 Å². The maximum absolute atomic E-state index is 12.9. The Balaban J connectivity index is 2.22. The van der Waals surface area contributed by atoms with Crippen LogP contribution in [-0.4, -0.2) is 47.8 Å². The van der Waals surface area contributed by atoms with Crippen LogP contribution in [0, 0.1) is 19.8 Å². The number of nitrogens with zero attached hydrogens (tertiary/aromatic N) is 1. The molecule has 0 unspecified atom stereocenters. The van der Waals surface area contributed by atoms with Crippen LogP contribution in [0.4, 0.5) is 13.2 Å². The summed E-state index contributed by atoms with van der Waals surface area (Å²) in [6, 6.07) is 2.88. The first-order chi connectivity index (χ1) is 12.1. The molecule has 0 heterocycles. The highest BCUT2D eigenvalue weighted by atomic mass is 19.4. The third kappa shape index (κ3) is 5.37. The van der Waals surface area contributed by atoms with E-state index in [1.807, 2.05) is 0 Å². The van der Waals surface area contributed by atoms with Gasteiger partial charge in [-0.25, -0.2) is 4.79 Å². The highest BCUT2D eigenvalue weighted by molar-refractivity contribution is 5.95. The number of benzene rings is 1. The van der Waals surface area contributed by atoms with E-state index in [1.54, 1.807) is 13.8 Å². The largest absolute Gasteiger partial charge is 0.481 e. The Hall–Kier alpha value is -2.25. The van der Waals surface area contributed by atoms with Crippen molar-refractivity contribution in [1.29, 1.82) is 0 Å². The van der Waals surface area contributed by atoms with Crippen LogP contribution in [0.25, 0.3) is 0 Å². The number of aliphatic carboxylic acids is 1. The Bertz CT molecular complexity index is 660. The minimum atomic E-state index is -4.46. The van der Waals surface area contributed by atoms with Crippen LogP contribution in [0.15, 0.2) is 12.1 Å². The summed E-state index contributed by atoms with van der Waals surface area (Å²) in [7, 11) is 0. The lowest BCUT2D eigenvalue weighted by Crippen LogP contribution is -2.43. The van der Waals surface area contributed by atoms with Crippen molar-refractivity contribution >= 4 is 11.9 Å². The molecule has 1 aromatic rings. The van der Waals surface area contributed by atoms with Crippen molar-refractivity contribution < 1.29 is 32.6 Å². The van der Waals surface area contributed by atoms with E-state index in [0.29, 0.717) is 16.9 Å². The third-order valence-electron chi connectivity index (χ3n) is 4.41. The average Bonchev–Trinajstić information content (AvgIpc) is 2.46. The number of hydrogen-bond acceptors (Lipinski definition) is 3. The Labute approximate surface area is 149 Å². The van der Waals surface area contributed by atoms with Gasteiger partial charge in [-0.15, -0.1) is 0 Å². The molecule has 144 valence electrons. The van der Waals surface area contributed by atoms with E-state index >= 15 is 0 Å². The summed E-state index contributed by atoms with van der Waals surface area (Å²) in [6.45, 7) is 1.53. The van der Waals surface area contributed by atoms with Gasteiger partial charge in [0.15, 0.2) is 6.61 Å². The summed E-state index contributed by atoms with van der Waals surface area (Å²) >= 11 is 0. The zero-order valence-electron chi connectivity index (χ0n) is 14.7. The quantitative estimate of drug-likeness (QED) is 0.793. The molecule has 0 aromatic heterocycles. The van der Waals surface area contributed by atoms with Gasteiger partial charge in [0.25, 0.3) is 5.91 Å². The second kappa shape index (κ2) is 7.97. The van der Waals surface area contributed by atoms with Gasteiger partial charge in [-0.1, -0.05) is 6.42 Å². The van der Waals surface area contributed by atoms with Gasteiger partial charge >= 0.3 is 12.1 Å². The predicted octanol–water partition coefficient (Wildman–Crippen LogP) is 3.57. The lowest BCUT2D eigenvalue weighted by atomic mass is 9.85. The number of ether oxygens (including phenoxy) is 1. The molecule has 1 amide bonds. The summed E-state index contributed by atoms with van der Waals surface area (Å²) in [4.78, 5) is 24.2. The number of carbonyl (C=O) groups is 2. The number of amides is 1. The van der Waals surface area contributed by atoms with Crippen molar-refractivity contribution in [1.82, 2.24) is 4.90 Å². The Morgan fingerprint density at radius 1 is 1.23 bits per heavy atom. The SMILES string of the molecule is Cc1cc(C(=O)N(CC2CCC2)CC(F)(F)F)cc(C)c1OCC(=O)O. The fourth-order valence-corrected chi connectivity index (χ4v) is 3.04. The number of aryl methyl sites for hydroxylation is 2. The monoisotopic (exact) mass is 373 g/mol. The summed E-state index contributed by atoms with van der Waals surface area (Å²) in [5.41, 5.74) is 1.15. The molecule has 5 nitrogen and oxygen atoms in total. The maximum atomic E-state index is 12.9. The lowest BCUT2D eigenvalue weighted by molar-refractivity contribution is -0.142. The minimum absolute atomic E-state index is 0.0910. The fraction of sp³-hybridized carbons (Fsp3) is 0.556. The fourth-order valence-electron chi connectivity index (χ4n) is 3.04. The summed E-state index contributed by atoms with van der Waals surface area (Å²) in [6.07, 6.45) is -1.82. The zero-order valence-corrected chi connectivity index (χ0v) is 14.7. The van der Waals surface area contributed by atoms with Gasteiger partial charge in [0.2, 0.25) is 0 Å². The van der Waals surface area contributed by atoms with Gasteiger partial charge in [0.1, 0.15) is 12.3 Å². The molecule has 0 saturated heterocycles. The molecule has 2 rings (SSSR count). The van der Waals surface area contributed by atoms with Crippen LogP contribution < -0.4 is 4.74 Å². The molecule has 0 radical (unpaired) electrons. The number of carboxylic acids is 1. The van der Waals surface area contributed by atoms with Crippen molar-refractivity contribution in [2.75, 3.05) is 19.7 Å². The van der Waals surface area contributed by atoms with E-state index in [0.717, 1.165) is 24.2 Å². The van der Waals surface area contributed by atoms with Gasteiger partial charge < -0.3 is 14.7 Å². The first-order valence-corrected chi connectivity index (χ1v) is 8.38. The van der Waals surface area contributed by atoms with Crippen LogP contribution in [0.5, 0.6) is 5.75 Å². The van der Waals surface area contributed by atoms with E-state index < -0.39 is 31.2 Å². The molecule has 0 spiro atoms. The molecule has 0 atom stereocenters. The third-order valence-corrected chi connectivity index (χ3v) is 4.41. The van der Waals surface area contributed by atoms with Crippen molar-refractivity contribution in [3.05, 3.63) is 28.8 Å². The van der Waals surface area contributed by atoms with Gasteiger partial charge in [-0.05, 0) is 55.9 Å². The summed E-state index contributed by atoms with van der Waals surface area (Å²) in [5, 5.41) is 8.70. The molecule has 1 saturated carbocycles. The molecule has 1 aliphatic rings.